The average Bonchev–Trinajstić information content (AvgIpc) is 3.16. The van der Waals surface area contributed by atoms with Crippen LogP contribution >= 0.6 is 15.9 Å². The molecule has 30 heavy (non-hydrogen) atoms. The summed E-state index contributed by atoms with van der Waals surface area (Å²) in [6, 6.07) is 17.3. The van der Waals surface area contributed by atoms with Crippen LogP contribution < -0.4 is 10.1 Å². The average molecular weight is 465 g/mol. The van der Waals surface area contributed by atoms with E-state index < -0.39 is 0 Å². The lowest BCUT2D eigenvalue weighted by Crippen LogP contribution is -2.14. The van der Waals surface area contributed by atoms with E-state index in [0.717, 1.165) is 27.7 Å². The van der Waals surface area contributed by atoms with Crippen LogP contribution in [0.5, 0.6) is 5.75 Å². The van der Waals surface area contributed by atoms with Crippen LogP contribution in [0.4, 0.5) is 5.69 Å². The first kappa shape index (κ1) is 20.1. The second-order valence-electron chi connectivity index (χ2n) is 6.96. The number of halogens is 1. The number of carbonyl (C=O) groups excluding carboxylic acids is 1. The minimum absolute atomic E-state index is 0.252. The first-order valence-corrected chi connectivity index (χ1v) is 10.4. The normalized spacial score (nSPS) is 10.9. The number of aryl methyl sites for hydroxylation is 2. The third-order valence-electron chi connectivity index (χ3n) is 4.96. The fraction of sp³-hybridized carbons (Fsp3) is 0.174. The fourth-order valence-electron chi connectivity index (χ4n) is 3.23. The summed E-state index contributed by atoms with van der Waals surface area (Å²) in [6.45, 7) is 4.06. The standard InChI is InChI=1S/C23H21BrN4O2/c1-4-15-5-8-17(9-6-15)28-26-20-11-14(2)19(13-21(20)27-28)25-23(29)18-12-16(24)7-10-22(18)30-3/h5-13H,4H2,1-3H3,(H,25,29). The Labute approximate surface area is 183 Å². The number of rotatable bonds is 5. The van der Waals surface area contributed by atoms with Crippen molar-refractivity contribution < 1.29 is 9.53 Å². The molecule has 0 aliphatic rings. The van der Waals surface area contributed by atoms with Gasteiger partial charge in [0.25, 0.3) is 5.91 Å². The molecule has 4 rings (SSSR count). The molecule has 4 aromatic rings. The van der Waals surface area contributed by atoms with Crippen LogP contribution in [-0.2, 0) is 6.42 Å². The number of amides is 1. The summed E-state index contributed by atoms with van der Waals surface area (Å²) >= 11 is 3.40. The molecule has 0 bridgehead atoms. The number of nitrogens with zero attached hydrogens (tertiary/aromatic N) is 3. The highest BCUT2D eigenvalue weighted by molar-refractivity contribution is 9.10. The summed E-state index contributed by atoms with van der Waals surface area (Å²) in [7, 11) is 1.54. The summed E-state index contributed by atoms with van der Waals surface area (Å²) in [4.78, 5) is 14.5. The maximum Gasteiger partial charge on any atom is 0.259 e. The Morgan fingerprint density at radius 1 is 1.07 bits per heavy atom. The molecule has 1 aromatic heterocycles. The van der Waals surface area contributed by atoms with Crippen LogP contribution in [0.25, 0.3) is 16.7 Å². The summed E-state index contributed by atoms with van der Waals surface area (Å²) in [6.07, 6.45) is 0.986. The minimum Gasteiger partial charge on any atom is -0.496 e. The molecular weight excluding hydrogens is 444 g/mol. The Hall–Kier alpha value is -3.19. The lowest BCUT2D eigenvalue weighted by molar-refractivity contribution is 0.102. The molecule has 0 aliphatic heterocycles. The highest BCUT2D eigenvalue weighted by atomic mass is 79.9. The molecule has 0 atom stereocenters. The number of hydrogen-bond acceptors (Lipinski definition) is 4. The Morgan fingerprint density at radius 3 is 2.43 bits per heavy atom. The van der Waals surface area contributed by atoms with Gasteiger partial charge in [0, 0.05) is 10.2 Å². The van der Waals surface area contributed by atoms with Crippen LogP contribution in [0.2, 0.25) is 0 Å². The molecule has 0 aliphatic carbocycles. The zero-order valence-corrected chi connectivity index (χ0v) is 18.5. The lowest BCUT2D eigenvalue weighted by atomic mass is 10.1. The van der Waals surface area contributed by atoms with E-state index in [1.807, 2.05) is 37.3 Å². The topological polar surface area (TPSA) is 69.0 Å². The molecule has 1 heterocycles. The van der Waals surface area contributed by atoms with E-state index in [2.05, 4.69) is 50.5 Å². The van der Waals surface area contributed by atoms with Gasteiger partial charge in [0.2, 0.25) is 0 Å². The number of aromatic nitrogens is 3. The smallest absolute Gasteiger partial charge is 0.259 e. The van der Waals surface area contributed by atoms with Crippen LogP contribution in [0.3, 0.4) is 0 Å². The van der Waals surface area contributed by atoms with E-state index in [1.54, 1.807) is 24.0 Å². The van der Waals surface area contributed by atoms with Crippen molar-refractivity contribution in [1.29, 1.82) is 0 Å². The largest absolute Gasteiger partial charge is 0.496 e. The van der Waals surface area contributed by atoms with E-state index in [9.17, 15) is 4.79 Å². The molecule has 1 N–H and O–H groups in total. The van der Waals surface area contributed by atoms with Gasteiger partial charge in [0.05, 0.1) is 18.4 Å². The van der Waals surface area contributed by atoms with Gasteiger partial charge < -0.3 is 10.1 Å². The molecule has 3 aromatic carbocycles. The van der Waals surface area contributed by atoms with Crippen molar-refractivity contribution >= 4 is 38.6 Å². The van der Waals surface area contributed by atoms with Gasteiger partial charge >= 0.3 is 0 Å². The van der Waals surface area contributed by atoms with E-state index in [1.165, 1.54) is 5.56 Å². The molecule has 0 saturated carbocycles. The zero-order valence-electron chi connectivity index (χ0n) is 16.9. The molecule has 0 saturated heterocycles. The van der Waals surface area contributed by atoms with Gasteiger partial charge in [-0.15, -0.1) is 10.2 Å². The number of benzene rings is 3. The second kappa shape index (κ2) is 8.28. The fourth-order valence-corrected chi connectivity index (χ4v) is 3.59. The summed E-state index contributed by atoms with van der Waals surface area (Å²) in [5.41, 5.74) is 5.67. The first-order valence-electron chi connectivity index (χ1n) is 9.60. The first-order chi connectivity index (χ1) is 14.5. The summed E-state index contributed by atoms with van der Waals surface area (Å²) in [5, 5.41) is 12.1. The van der Waals surface area contributed by atoms with Gasteiger partial charge in [0.15, 0.2) is 0 Å². The van der Waals surface area contributed by atoms with Crippen molar-refractivity contribution in [2.75, 3.05) is 12.4 Å². The molecule has 7 heteroatoms. The number of carbonyl (C=O) groups is 1. The maximum absolute atomic E-state index is 12.9. The summed E-state index contributed by atoms with van der Waals surface area (Å²) in [5.74, 6) is 0.258. The molecule has 0 radical (unpaired) electrons. The predicted octanol–water partition coefficient (Wildman–Crippen LogP) is 5.31. The lowest BCUT2D eigenvalue weighted by Gasteiger charge is -2.11. The van der Waals surface area contributed by atoms with Gasteiger partial charge in [-0.25, -0.2) is 0 Å². The molecule has 0 spiro atoms. The molecule has 1 amide bonds. The van der Waals surface area contributed by atoms with Crippen molar-refractivity contribution in [2.24, 2.45) is 0 Å². The van der Waals surface area contributed by atoms with E-state index in [-0.39, 0.29) is 5.91 Å². The van der Waals surface area contributed by atoms with Gasteiger partial charge in [0.1, 0.15) is 16.8 Å². The van der Waals surface area contributed by atoms with Crippen molar-refractivity contribution in [3.8, 4) is 11.4 Å². The predicted molar refractivity (Wildman–Crippen MR) is 122 cm³/mol. The molecular formula is C23H21BrN4O2. The van der Waals surface area contributed by atoms with E-state index in [4.69, 9.17) is 4.74 Å². The Kier molecular flexibility index (Phi) is 5.55. The second-order valence-corrected chi connectivity index (χ2v) is 7.88. The molecule has 0 unspecified atom stereocenters. The van der Waals surface area contributed by atoms with Crippen molar-refractivity contribution in [3.63, 3.8) is 0 Å². The Morgan fingerprint density at radius 2 is 1.77 bits per heavy atom. The summed E-state index contributed by atoms with van der Waals surface area (Å²) < 4.78 is 6.12. The van der Waals surface area contributed by atoms with Crippen molar-refractivity contribution in [3.05, 3.63) is 75.8 Å². The highest BCUT2D eigenvalue weighted by Gasteiger charge is 2.15. The monoisotopic (exact) mass is 464 g/mol. The zero-order chi connectivity index (χ0) is 21.3. The van der Waals surface area contributed by atoms with Gasteiger partial charge in [-0.2, -0.15) is 4.80 Å². The highest BCUT2D eigenvalue weighted by Crippen LogP contribution is 2.26. The number of ether oxygens (including phenoxy) is 1. The van der Waals surface area contributed by atoms with E-state index >= 15 is 0 Å². The number of nitrogens with one attached hydrogen (secondary N) is 1. The third-order valence-corrected chi connectivity index (χ3v) is 5.45. The van der Waals surface area contributed by atoms with Gasteiger partial charge in [-0.1, -0.05) is 35.0 Å². The minimum atomic E-state index is -0.252. The SMILES string of the molecule is CCc1ccc(-n2nc3cc(C)c(NC(=O)c4cc(Br)ccc4OC)cc3n2)cc1. The third kappa shape index (κ3) is 3.93. The van der Waals surface area contributed by atoms with Crippen LogP contribution in [0.15, 0.2) is 59.1 Å². The molecule has 152 valence electrons. The Bertz CT molecular complexity index is 1230. The quantitative estimate of drug-likeness (QED) is 0.434. The van der Waals surface area contributed by atoms with Crippen LogP contribution in [-0.4, -0.2) is 28.0 Å². The number of fused-ring (bicyclic) bond motifs is 1. The molecule has 0 fully saturated rings. The Balaban J connectivity index is 1.66. The maximum atomic E-state index is 12.9. The van der Waals surface area contributed by atoms with Crippen molar-refractivity contribution in [2.45, 2.75) is 20.3 Å². The van der Waals surface area contributed by atoms with Crippen LogP contribution in [0, 0.1) is 6.92 Å². The number of methoxy groups -OCH3 is 1. The van der Waals surface area contributed by atoms with Crippen molar-refractivity contribution in [1.82, 2.24) is 15.0 Å². The molecule has 6 nitrogen and oxygen atoms in total. The number of anilines is 1. The van der Waals surface area contributed by atoms with Crippen LogP contribution in [0.1, 0.15) is 28.4 Å². The van der Waals surface area contributed by atoms with E-state index in [0.29, 0.717) is 22.5 Å². The van der Waals surface area contributed by atoms with Gasteiger partial charge in [-0.3, -0.25) is 4.79 Å². The van der Waals surface area contributed by atoms with Gasteiger partial charge in [-0.05, 0) is 66.9 Å². The number of hydrogen-bond donors (Lipinski definition) is 1.